The molecule has 0 radical (unpaired) electrons. The third-order valence-electron chi connectivity index (χ3n) is 3.53. The fraction of sp³-hybridized carbons (Fsp3) is 0.429. The van der Waals surface area contributed by atoms with Crippen LogP contribution in [0.3, 0.4) is 0 Å². The topological polar surface area (TPSA) is 46.3 Å². The van der Waals surface area contributed by atoms with Crippen molar-refractivity contribution in [2.45, 2.75) is 19.8 Å². The molecule has 100 valence electrons. The number of thiazole rings is 1. The minimum Gasteiger partial charge on any atom is -0.462 e. The Hall–Kier alpha value is -1.62. The molecule has 1 amide bonds. The molecule has 3 rings (SSSR count). The molecule has 1 aliphatic rings. The van der Waals surface area contributed by atoms with E-state index in [0.29, 0.717) is 5.69 Å². The first-order valence-corrected chi connectivity index (χ1v) is 7.40. The number of amides is 1. The summed E-state index contributed by atoms with van der Waals surface area (Å²) < 4.78 is 5.30. The van der Waals surface area contributed by atoms with Gasteiger partial charge in [-0.15, -0.1) is 11.3 Å². The average Bonchev–Trinajstić information content (AvgIpc) is 3.10. The second-order valence-electron chi connectivity index (χ2n) is 4.99. The van der Waals surface area contributed by atoms with E-state index < -0.39 is 0 Å². The maximum absolute atomic E-state index is 12.3. The molecule has 4 nitrogen and oxygen atoms in total. The van der Waals surface area contributed by atoms with E-state index in [1.807, 2.05) is 22.4 Å². The van der Waals surface area contributed by atoms with Gasteiger partial charge in [-0.2, -0.15) is 0 Å². The Morgan fingerprint density at radius 2 is 2.26 bits per heavy atom. The van der Waals surface area contributed by atoms with Gasteiger partial charge in [-0.3, -0.25) is 4.79 Å². The number of hydrogen-bond acceptors (Lipinski definition) is 4. The summed E-state index contributed by atoms with van der Waals surface area (Å²) in [5, 5.41) is 2.58. The lowest BCUT2D eigenvalue weighted by molar-refractivity contribution is 0.0692. The van der Waals surface area contributed by atoms with E-state index in [-0.39, 0.29) is 5.91 Å². The van der Waals surface area contributed by atoms with Crippen molar-refractivity contribution in [3.63, 3.8) is 0 Å². The molecule has 0 N–H and O–H groups in total. The van der Waals surface area contributed by atoms with Crippen LogP contribution in [0.25, 0.3) is 10.8 Å². The van der Waals surface area contributed by atoms with Gasteiger partial charge in [-0.1, -0.05) is 6.92 Å². The van der Waals surface area contributed by atoms with Crippen molar-refractivity contribution in [2.24, 2.45) is 5.92 Å². The minimum absolute atomic E-state index is 0.0426. The Morgan fingerprint density at radius 3 is 2.95 bits per heavy atom. The SMILES string of the molecule is CC1CCN(C(=O)c2csc(-c3ccco3)n2)CC1. The van der Waals surface area contributed by atoms with Crippen LogP contribution in [0.5, 0.6) is 0 Å². The highest BCUT2D eigenvalue weighted by atomic mass is 32.1. The van der Waals surface area contributed by atoms with Gasteiger partial charge in [0.1, 0.15) is 5.69 Å². The third-order valence-corrected chi connectivity index (χ3v) is 4.38. The van der Waals surface area contributed by atoms with E-state index in [0.717, 1.165) is 42.6 Å². The molecular weight excluding hydrogens is 260 g/mol. The number of nitrogens with zero attached hydrogens (tertiary/aromatic N) is 2. The molecule has 0 unspecified atom stereocenters. The molecule has 0 saturated carbocycles. The Morgan fingerprint density at radius 1 is 1.47 bits per heavy atom. The Kier molecular flexibility index (Phi) is 3.38. The molecule has 0 bridgehead atoms. The van der Waals surface area contributed by atoms with E-state index in [9.17, 15) is 4.79 Å². The predicted molar refractivity (Wildman–Crippen MR) is 74.1 cm³/mol. The standard InChI is InChI=1S/C14H16N2O2S/c1-10-4-6-16(7-5-10)14(17)11-9-19-13(15-11)12-3-2-8-18-12/h2-3,8-10H,4-7H2,1H3. The van der Waals surface area contributed by atoms with Crippen molar-refractivity contribution in [2.75, 3.05) is 13.1 Å². The normalized spacial score (nSPS) is 16.8. The summed E-state index contributed by atoms with van der Waals surface area (Å²) in [6.45, 7) is 3.92. The van der Waals surface area contributed by atoms with Crippen LogP contribution in [0.1, 0.15) is 30.3 Å². The number of piperidine rings is 1. The summed E-state index contributed by atoms with van der Waals surface area (Å²) in [6.07, 6.45) is 3.78. The smallest absolute Gasteiger partial charge is 0.273 e. The number of carbonyl (C=O) groups is 1. The fourth-order valence-electron chi connectivity index (χ4n) is 2.26. The summed E-state index contributed by atoms with van der Waals surface area (Å²) in [5.41, 5.74) is 0.533. The number of furan rings is 1. The second-order valence-corrected chi connectivity index (χ2v) is 5.85. The van der Waals surface area contributed by atoms with Gasteiger partial charge in [0, 0.05) is 18.5 Å². The Bertz CT molecular complexity index is 554. The van der Waals surface area contributed by atoms with Gasteiger partial charge in [0.25, 0.3) is 5.91 Å². The van der Waals surface area contributed by atoms with Gasteiger partial charge in [-0.05, 0) is 30.9 Å². The number of carbonyl (C=O) groups excluding carboxylic acids is 1. The molecule has 3 heterocycles. The van der Waals surface area contributed by atoms with Gasteiger partial charge in [-0.25, -0.2) is 4.98 Å². The molecule has 0 atom stereocenters. The van der Waals surface area contributed by atoms with E-state index in [2.05, 4.69) is 11.9 Å². The van der Waals surface area contributed by atoms with Crippen molar-refractivity contribution in [1.82, 2.24) is 9.88 Å². The predicted octanol–water partition coefficient (Wildman–Crippen LogP) is 3.28. The van der Waals surface area contributed by atoms with Gasteiger partial charge in [0.2, 0.25) is 0 Å². The van der Waals surface area contributed by atoms with Crippen molar-refractivity contribution >= 4 is 17.2 Å². The summed E-state index contributed by atoms with van der Waals surface area (Å²) in [7, 11) is 0. The zero-order valence-corrected chi connectivity index (χ0v) is 11.7. The molecule has 0 aliphatic carbocycles. The van der Waals surface area contributed by atoms with E-state index in [1.165, 1.54) is 11.3 Å². The summed E-state index contributed by atoms with van der Waals surface area (Å²) >= 11 is 1.45. The first kappa shape index (κ1) is 12.4. The van der Waals surface area contributed by atoms with Gasteiger partial charge in [0.15, 0.2) is 10.8 Å². The van der Waals surface area contributed by atoms with Gasteiger partial charge in [0.05, 0.1) is 6.26 Å². The molecule has 2 aromatic heterocycles. The molecule has 5 heteroatoms. The minimum atomic E-state index is 0.0426. The first-order valence-electron chi connectivity index (χ1n) is 6.52. The van der Waals surface area contributed by atoms with Crippen LogP contribution in [0.15, 0.2) is 28.2 Å². The Labute approximate surface area is 116 Å². The molecule has 1 saturated heterocycles. The van der Waals surface area contributed by atoms with Crippen molar-refractivity contribution in [3.8, 4) is 10.8 Å². The van der Waals surface area contributed by atoms with Crippen molar-refractivity contribution in [3.05, 3.63) is 29.5 Å². The molecule has 1 fully saturated rings. The van der Waals surface area contributed by atoms with E-state index in [1.54, 1.807) is 6.26 Å². The number of aromatic nitrogens is 1. The van der Waals surface area contributed by atoms with E-state index >= 15 is 0 Å². The van der Waals surface area contributed by atoms with Crippen LogP contribution >= 0.6 is 11.3 Å². The summed E-state index contributed by atoms with van der Waals surface area (Å²) in [5.74, 6) is 1.48. The highest BCUT2D eigenvalue weighted by molar-refractivity contribution is 7.13. The van der Waals surface area contributed by atoms with Crippen molar-refractivity contribution < 1.29 is 9.21 Å². The van der Waals surface area contributed by atoms with Gasteiger partial charge >= 0.3 is 0 Å². The molecule has 19 heavy (non-hydrogen) atoms. The molecular formula is C14H16N2O2S. The van der Waals surface area contributed by atoms with Crippen LogP contribution in [-0.4, -0.2) is 28.9 Å². The molecule has 0 aromatic carbocycles. The molecule has 1 aliphatic heterocycles. The zero-order chi connectivity index (χ0) is 13.2. The number of hydrogen-bond donors (Lipinski definition) is 0. The van der Waals surface area contributed by atoms with Crippen molar-refractivity contribution in [1.29, 1.82) is 0 Å². The van der Waals surface area contributed by atoms with Crippen LogP contribution in [0, 0.1) is 5.92 Å². The monoisotopic (exact) mass is 276 g/mol. The molecule has 2 aromatic rings. The maximum atomic E-state index is 12.3. The number of likely N-dealkylation sites (tertiary alicyclic amines) is 1. The maximum Gasteiger partial charge on any atom is 0.273 e. The largest absolute Gasteiger partial charge is 0.462 e. The lowest BCUT2D eigenvalue weighted by atomic mass is 9.99. The summed E-state index contributed by atoms with van der Waals surface area (Å²) in [6, 6.07) is 3.68. The average molecular weight is 276 g/mol. The number of rotatable bonds is 2. The lowest BCUT2D eigenvalue weighted by Gasteiger charge is -2.29. The third kappa shape index (κ3) is 2.56. The quantitative estimate of drug-likeness (QED) is 0.845. The lowest BCUT2D eigenvalue weighted by Crippen LogP contribution is -2.38. The van der Waals surface area contributed by atoms with Gasteiger partial charge < -0.3 is 9.32 Å². The fourth-order valence-corrected chi connectivity index (χ4v) is 3.02. The highest BCUT2D eigenvalue weighted by Gasteiger charge is 2.23. The Balaban J connectivity index is 1.74. The van der Waals surface area contributed by atoms with Crippen LogP contribution < -0.4 is 0 Å². The van der Waals surface area contributed by atoms with Crippen LogP contribution in [0.4, 0.5) is 0 Å². The second kappa shape index (κ2) is 5.17. The molecule has 0 spiro atoms. The first-order chi connectivity index (χ1) is 9.24. The highest BCUT2D eigenvalue weighted by Crippen LogP contribution is 2.25. The zero-order valence-electron chi connectivity index (χ0n) is 10.8. The van der Waals surface area contributed by atoms with E-state index in [4.69, 9.17) is 4.42 Å². The van der Waals surface area contributed by atoms with Crippen LogP contribution in [0.2, 0.25) is 0 Å². The van der Waals surface area contributed by atoms with Crippen LogP contribution in [-0.2, 0) is 0 Å². The summed E-state index contributed by atoms with van der Waals surface area (Å²) in [4.78, 5) is 18.6.